The standard InChI is InChI=1S/C19H22N4O5S/c1-11(16(24)21-18(25)20-12-6-2-3-7-12)29-19-23-22-17(28-19)15-10-26-13-8-4-5-9-14(13)27-15/h4-5,8-9,11-12,15H,2-3,6-7,10H2,1H3,(H2,20,21,24,25)/t11-,15+/m0/s1. The van der Waals surface area contributed by atoms with Crippen molar-refractivity contribution < 1.29 is 23.5 Å². The van der Waals surface area contributed by atoms with Crippen molar-refractivity contribution in [1.29, 1.82) is 0 Å². The molecule has 0 bridgehead atoms. The van der Waals surface area contributed by atoms with Gasteiger partial charge in [0.1, 0.15) is 6.61 Å². The lowest BCUT2D eigenvalue weighted by atomic mass is 10.2. The van der Waals surface area contributed by atoms with E-state index < -0.39 is 23.3 Å². The number of benzene rings is 1. The van der Waals surface area contributed by atoms with Crippen molar-refractivity contribution in [3.63, 3.8) is 0 Å². The fraction of sp³-hybridized carbons (Fsp3) is 0.474. The highest BCUT2D eigenvalue weighted by Crippen LogP contribution is 2.36. The third-order valence-corrected chi connectivity index (χ3v) is 5.71. The molecule has 0 radical (unpaired) electrons. The molecule has 2 N–H and O–H groups in total. The summed E-state index contributed by atoms with van der Waals surface area (Å²) in [6, 6.07) is 7.02. The maximum Gasteiger partial charge on any atom is 0.321 e. The number of carbonyl (C=O) groups is 2. The summed E-state index contributed by atoms with van der Waals surface area (Å²) in [5.41, 5.74) is 0. The smallest absolute Gasteiger partial charge is 0.321 e. The lowest BCUT2D eigenvalue weighted by Gasteiger charge is -2.23. The molecule has 1 aliphatic carbocycles. The molecule has 0 spiro atoms. The number of nitrogens with one attached hydrogen (secondary N) is 2. The number of fused-ring (bicyclic) bond motifs is 1. The number of hydrogen-bond acceptors (Lipinski definition) is 8. The van der Waals surface area contributed by atoms with Crippen LogP contribution in [0.1, 0.15) is 44.6 Å². The van der Waals surface area contributed by atoms with Crippen molar-refractivity contribution in [2.24, 2.45) is 0 Å². The van der Waals surface area contributed by atoms with E-state index in [9.17, 15) is 9.59 Å². The van der Waals surface area contributed by atoms with Crippen molar-refractivity contribution in [1.82, 2.24) is 20.8 Å². The van der Waals surface area contributed by atoms with Gasteiger partial charge in [0.05, 0.1) is 5.25 Å². The van der Waals surface area contributed by atoms with Gasteiger partial charge in [-0.05, 0) is 31.9 Å². The number of thioether (sulfide) groups is 1. The second-order valence-electron chi connectivity index (χ2n) is 6.97. The number of ether oxygens (including phenoxy) is 2. The minimum absolute atomic E-state index is 0.145. The first-order valence-electron chi connectivity index (χ1n) is 9.58. The molecule has 3 amide bonds. The largest absolute Gasteiger partial charge is 0.485 e. The lowest BCUT2D eigenvalue weighted by Crippen LogP contribution is -2.45. The number of urea groups is 1. The zero-order valence-corrected chi connectivity index (χ0v) is 16.7. The minimum atomic E-state index is -0.582. The first-order chi connectivity index (χ1) is 14.1. The van der Waals surface area contributed by atoms with E-state index in [-0.39, 0.29) is 23.8 Å². The fourth-order valence-corrected chi connectivity index (χ4v) is 3.94. The van der Waals surface area contributed by atoms with Gasteiger partial charge in [0.2, 0.25) is 12.0 Å². The molecule has 2 heterocycles. The van der Waals surface area contributed by atoms with Crippen molar-refractivity contribution in [3.8, 4) is 11.5 Å². The van der Waals surface area contributed by atoms with E-state index in [1.54, 1.807) is 13.0 Å². The molecular weight excluding hydrogens is 396 g/mol. The molecule has 154 valence electrons. The first-order valence-corrected chi connectivity index (χ1v) is 10.5. The molecule has 4 rings (SSSR count). The van der Waals surface area contributed by atoms with Gasteiger partial charge in [0.15, 0.2) is 11.5 Å². The minimum Gasteiger partial charge on any atom is -0.485 e. The summed E-state index contributed by atoms with van der Waals surface area (Å²) in [7, 11) is 0. The van der Waals surface area contributed by atoms with Crippen LogP contribution in [0.15, 0.2) is 33.9 Å². The van der Waals surface area contributed by atoms with Crippen LogP contribution < -0.4 is 20.1 Å². The molecule has 2 aliphatic rings. The molecule has 9 nitrogen and oxygen atoms in total. The number of carbonyl (C=O) groups excluding carboxylic acids is 2. The van der Waals surface area contributed by atoms with E-state index in [0.29, 0.717) is 11.5 Å². The number of aromatic nitrogens is 2. The monoisotopic (exact) mass is 418 g/mol. The lowest BCUT2D eigenvalue weighted by molar-refractivity contribution is -0.119. The van der Waals surface area contributed by atoms with E-state index in [0.717, 1.165) is 37.4 Å². The van der Waals surface area contributed by atoms with Crippen LogP contribution in [0.3, 0.4) is 0 Å². The topological polar surface area (TPSA) is 116 Å². The number of rotatable bonds is 5. The van der Waals surface area contributed by atoms with Crippen LogP contribution in [0.5, 0.6) is 11.5 Å². The Labute approximate surface area is 171 Å². The third-order valence-electron chi connectivity index (χ3n) is 4.78. The summed E-state index contributed by atoms with van der Waals surface area (Å²) in [6.45, 7) is 1.92. The SMILES string of the molecule is C[C@H](Sc1nnc([C@H]2COc3ccccc3O2)o1)C(=O)NC(=O)NC1CCCC1. The molecule has 0 saturated heterocycles. The second-order valence-corrected chi connectivity index (χ2v) is 8.27. The Morgan fingerprint density at radius 2 is 1.93 bits per heavy atom. The van der Waals surface area contributed by atoms with Crippen molar-refractivity contribution in [3.05, 3.63) is 30.2 Å². The van der Waals surface area contributed by atoms with Crippen molar-refractivity contribution in [2.75, 3.05) is 6.61 Å². The van der Waals surface area contributed by atoms with Crippen LogP contribution in [-0.4, -0.2) is 40.0 Å². The van der Waals surface area contributed by atoms with Crippen molar-refractivity contribution in [2.45, 2.75) is 55.2 Å². The molecule has 1 aliphatic heterocycles. The van der Waals surface area contributed by atoms with Gasteiger partial charge in [0, 0.05) is 6.04 Å². The van der Waals surface area contributed by atoms with Gasteiger partial charge in [0.25, 0.3) is 11.1 Å². The highest BCUT2D eigenvalue weighted by Gasteiger charge is 2.28. The maximum absolute atomic E-state index is 12.3. The van der Waals surface area contributed by atoms with E-state index in [2.05, 4.69) is 20.8 Å². The second kappa shape index (κ2) is 8.73. The quantitative estimate of drug-likeness (QED) is 0.712. The number of nitrogens with zero attached hydrogens (tertiary/aromatic N) is 2. The van der Waals surface area contributed by atoms with Crippen LogP contribution in [0.25, 0.3) is 0 Å². The van der Waals surface area contributed by atoms with Gasteiger partial charge in [-0.25, -0.2) is 4.79 Å². The Hall–Kier alpha value is -2.75. The molecule has 0 unspecified atom stereocenters. The Balaban J connectivity index is 1.29. The number of para-hydroxylation sites is 2. The number of amides is 3. The van der Waals surface area contributed by atoms with Gasteiger partial charge >= 0.3 is 6.03 Å². The Bertz CT molecular complexity index is 883. The van der Waals surface area contributed by atoms with Crippen LogP contribution in [0.4, 0.5) is 4.79 Å². The number of hydrogen-bond donors (Lipinski definition) is 2. The molecule has 1 aromatic heterocycles. The van der Waals surface area contributed by atoms with E-state index in [1.807, 2.05) is 18.2 Å². The average molecular weight is 418 g/mol. The van der Waals surface area contributed by atoms with Gasteiger partial charge < -0.3 is 19.2 Å². The summed E-state index contributed by atoms with van der Waals surface area (Å²) < 4.78 is 17.1. The highest BCUT2D eigenvalue weighted by molar-refractivity contribution is 8.00. The Morgan fingerprint density at radius 1 is 1.17 bits per heavy atom. The number of imide groups is 1. The summed E-state index contributed by atoms with van der Waals surface area (Å²) in [5.74, 6) is 1.13. The van der Waals surface area contributed by atoms with Crippen LogP contribution in [-0.2, 0) is 4.79 Å². The normalized spacial score (nSPS) is 19.6. The predicted octanol–water partition coefficient (Wildman–Crippen LogP) is 2.83. The van der Waals surface area contributed by atoms with Crippen LogP contribution in [0, 0.1) is 0 Å². The van der Waals surface area contributed by atoms with E-state index in [4.69, 9.17) is 13.9 Å². The average Bonchev–Trinajstić information content (AvgIpc) is 3.39. The highest BCUT2D eigenvalue weighted by atomic mass is 32.2. The molecule has 1 aromatic carbocycles. The Kier molecular flexibility index (Phi) is 5.89. The summed E-state index contributed by atoms with van der Waals surface area (Å²) in [4.78, 5) is 24.2. The fourth-order valence-electron chi connectivity index (χ4n) is 3.25. The van der Waals surface area contributed by atoms with Gasteiger partial charge in [-0.3, -0.25) is 10.1 Å². The molecule has 29 heavy (non-hydrogen) atoms. The molecule has 1 fully saturated rings. The summed E-state index contributed by atoms with van der Waals surface area (Å²) >= 11 is 1.08. The van der Waals surface area contributed by atoms with E-state index in [1.165, 1.54) is 0 Å². The van der Waals surface area contributed by atoms with Crippen LogP contribution in [0.2, 0.25) is 0 Å². The zero-order chi connectivity index (χ0) is 20.2. The molecule has 10 heteroatoms. The van der Waals surface area contributed by atoms with E-state index >= 15 is 0 Å². The van der Waals surface area contributed by atoms with Gasteiger partial charge in [-0.15, -0.1) is 10.2 Å². The molecular formula is C19H22N4O5S. The third kappa shape index (κ3) is 4.81. The maximum atomic E-state index is 12.3. The van der Waals surface area contributed by atoms with Gasteiger partial charge in [-0.2, -0.15) is 0 Å². The summed E-state index contributed by atoms with van der Waals surface area (Å²) in [6.07, 6.45) is 3.59. The molecule has 2 aromatic rings. The Morgan fingerprint density at radius 3 is 2.72 bits per heavy atom. The first kappa shape index (κ1) is 19.6. The van der Waals surface area contributed by atoms with Crippen LogP contribution >= 0.6 is 11.8 Å². The predicted molar refractivity (Wildman–Crippen MR) is 104 cm³/mol. The van der Waals surface area contributed by atoms with Crippen molar-refractivity contribution >= 4 is 23.7 Å². The molecule has 1 saturated carbocycles. The summed E-state index contributed by atoms with van der Waals surface area (Å²) in [5, 5.41) is 12.8. The van der Waals surface area contributed by atoms with Gasteiger partial charge in [-0.1, -0.05) is 36.7 Å². The zero-order valence-electron chi connectivity index (χ0n) is 15.9. The molecule has 2 atom stereocenters.